The Kier molecular flexibility index (Phi) is 5.76. The number of aliphatic hydroxyl groups is 1. The van der Waals surface area contributed by atoms with Gasteiger partial charge in [0, 0.05) is 6.42 Å². The first-order chi connectivity index (χ1) is 8.39. The minimum Gasteiger partial charge on any atom is -0.390 e. The first kappa shape index (κ1) is 15.1. The summed E-state index contributed by atoms with van der Waals surface area (Å²) in [5, 5.41) is 13.6. The summed E-state index contributed by atoms with van der Waals surface area (Å²) in [5.41, 5.74) is 0.0430. The molecule has 18 heavy (non-hydrogen) atoms. The van der Waals surface area contributed by atoms with Crippen molar-refractivity contribution in [2.24, 2.45) is 5.92 Å². The smallest absolute Gasteiger partial charge is 0.123 e. The second-order valence-electron chi connectivity index (χ2n) is 5.65. The molecule has 1 rings (SSSR count). The molecular formula is C15H24FNO. The zero-order chi connectivity index (χ0) is 13.6. The molecule has 0 aromatic heterocycles. The minimum atomic E-state index is -0.794. The van der Waals surface area contributed by atoms with Gasteiger partial charge in [-0.15, -0.1) is 0 Å². The molecule has 0 aliphatic rings. The number of hydrogen-bond acceptors (Lipinski definition) is 2. The van der Waals surface area contributed by atoms with E-state index in [0.29, 0.717) is 18.8 Å². The highest BCUT2D eigenvalue weighted by Crippen LogP contribution is 2.17. The number of halogens is 1. The fourth-order valence-corrected chi connectivity index (χ4v) is 1.92. The van der Waals surface area contributed by atoms with Crippen LogP contribution < -0.4 is 5.32 Å². The van der Waals surface area contributed by atoms with Crippen molar-refractivity contribution in [1.82, 2.24) is 5.32 Å². The monoisotopic (exact) mass is 253 g/mol. The summed E-state index contributed by atoms with van der Waals surface area (Å²) in [4.78, 5) is 0. The van der Waals surface area contributed by atoms with Gasteiger partial charge < -0.3 is 10.4 Å². The predicted molar refractivity (Wildman–Crippen MR) is 73.1 cm³/mol. The largest absolute Gasteiger partial charge is 0.390 e. The van der Waals surface area contributed by atoms with Gasteiger partial charge in [-0.25, -0.2) is 4.39 Å². The van der Waals surface area contributed by atoms with E-state index in [1.54, 1.807) is 13.0 Å². The maximum atomic E-state index is 13.0. The van der Waals surface area contributed by atoms with Crippen LogP contribution >= 0.6 is 0 Å². The predicted octanol–water partition coefficient (Wildman–Crippen LogP) is 2.75. The quantitative estimate of drug-likeness (QED) is 0.732. The standard InChI is InChI=1S/C15H24FNO/c1-12(2)11-17-8-7-15(3,18)10-13-5-4-6-14(16)9-13/h4-6,9,12,17-18H,7-8,10-11H2,1-3H3. The van der Waals surface area contributed by atoms with Crippen molar-refractivity contribution in [3.63, 3.8) is 0 Å². The van der Waals surface area contributed by atoms with E-state index in [-0.39, 0.29) is 5.82 Å². The molecule has 1 atom stereocenters. The first-order valence-electron chi connectivity index (χ1n) is 6.56. The molecule has 2 nitrogen and oxygen atoms in total. The zero-order valence-electron chi connectivity index (χ0n) is 11.5. The molecule has 3 heteroatoms. The van der Waals surface area contributed by atoms with Gasteiger partial charge in [-0.05, 0) is 50.0 Å². The summed E-state index contributed by atoms with van der Waals surface area (Å²) in [5.74, 6) is 0.361. The van der Waals surface area contributed by atoms with E-state index in [0.717, 1.165) is 18.7 Å². The van der Waals surface area contributed by atoms with Crippen LogP contribution in [0.3, 0.4) is 0 Å². The third kappa shape index (κ3) is 6.12. The lowest BCUT2D eigenvalue weighted by Gasteiger charge is -2.24. The normalized spacial score (nSPS) is 14.8. The summed E-state index contributed by atoms with van der Waals surface area (Å²) in [7, 11) is 0. The molecule has 0 heterocycles. The van der Waals surface area contributed by atoms with Crippen LogP contribution in [0.1, 0.15) is 32.8 Å². The third-order valence-corrected chi connectivity index (χ3v) is 2.87. The molecule has 0 fully saturated rings. The summed E-state index contributed by atoms with van der Waals surface area (Å²) >= 11 is 0. The number of hydrogen-bond donors (Lipinski definition) is 2. The number of rotatable bonds is 7. The summed E-state index contributed by atoms with van der Waals surface area (Å²) in [6, 6.07) is 6.43. The number of benzene rings is 1. The molecular weight excluding hydrogens is 229 g/mol. The van der Waals surface area contributed by atoms with E-state index in [4.69, 9.17) is 0 Å². The Balaban J connectivity index is 2.39. The summed E-state index contributed by atoms with van der Waals surface area (Å²) in [6.07, 6.45) is 1.14. The Morgan fingerprint density at radius 1 is 1.39 bits per heavy atom. The van der Waals surface area contributed by atoms with E-state index in [2.05, 4.69) is 19.2 Å². The van der Waals surface area contributed by atoms with Crippen LogP contribution in [-0.2, 0) is 6.42 Å². The van der Waals surface area contributed by atoms with Crippen LogP contribution in [0.15, 0.2) is 24.3 Å². The maximum Gasteiger partial charge on any atom is 0.123 e. The fourth-order valence-electron chi connectivity index (χ4n) is 1.92. The maximum absolute atomic E-state index is 13.0. The molecule has 0 radical (unpaired) electrons. The van der Waals surface area contributed by atoms with Crippen LogP contribution in [0, 0.1) is 11.7 Å². The fraction of sp³-hybridized carbons (Fsp3) is 0.600. The molecule has 0 bridgehead atoms. The van der Waals surface area contributed by atoms with E-state index in [9.17, 15) is 9.50 Å². The van der Waals surface area contributed by atoms with Gasteiger partial charge in [0.2, 0.25) is 0 Å². The van der Waals surface area contributed by atoms with E-state index < -0.39 is 5.60 Å². The van der Waals surface area contributed by atoms with E-state index in [1.165, 1.54) is 12.1 Å². The van der Waals surface area contributed by atoms with Gasteiger partial charge in [-0.3, -0.25) is 0 Å². The summed E-state index contributed by atoms with van der Waals surface area (Å²) in [6.45, 7) is 7.83. The first-order valence-corrected chi connectivity index (χ1v) is 6.56. The lowest BCUT2D eigenvalue weighted by molar-refractivity contribution is 0.0513. The van der Waals surface area contributed by atoms with Crippen LogP contribution in [0.4, 0.5) is 4.39 Å². The average molecular weight is 253 g/mol. The molecule has 0 aliphatic heterocycles. The van der Waals surface area contributed by atoms with Crippen molar-refractivity contribution in [3.05, 3.63) is 35.6 Å². The molecule has 0 saturated heterocycles. The van der Waals surface area contributed by atoms with Gasteiger partial charge in [-0.1, -0.05) is 26.0 Å². The van der Waals surface area contributed by atoms with Crippen molar-refractivity contribution in [1.29, 1.82) is 0 Å². The van der Waals surface area contributed by atoms with Crippen molar-refractivity contribution in [2.75, 3.05) is 13.1 Å². The summed E-state index contributed by atoms with van der Waals surface area (Å²) < 4.78 is 13.0. The zero-order valence-corrected chi connectivity index (χ0v) is 11.5. The van der Waals surface area contributed by atoms with Crippen LogP contribution in [0.5, 0.6) is 0 Å². The molecule has 0 amide bonds. The second-order valence-corrected chi connectivity index (χ2v) is 5.65. The van der Waals surface area contributed by atoms with Crippen LogP contribution in [-0.4, -0.2) is 23.8 Å². The topological polar surface area (TPSA) is 32.3 Å². The Morgan fingerprint density at radius 3 is 2.72 bits per heavy atom. The minimum absolute atomic E-state index is 0.249. The van der Waals surface area contributed by atoms with Gasteiger partial charge in [0.05, 0.1) is 5.60 Å². The van der Waals surface area contributed by atoms with Crippen molar-refractivity contribution < 1.29 is 9.50 Å². The molecule has 0 saturated carbocycles. The van der Waals surface area contributed by atoms with Gasteiger partial charge in [-0.2, -0.15) is 0 Å². The van der Waals surface area contributed by atoms with Crippen molar-refractivity contribution >= 4 is 0 Å². The number of nitrogens with one attached hydrogen (secondary N) is 1. The van der Waals surface area contributed by atoms with Crippen molar-refractivity contribution in [2.45, 2.75) is 39.2 Å². The van der Waals surface area contributed by atoms with Gasteiger partial charge in [0.1, 0.15) is 5.82 Å². The van der Waals surface area contributed by atoms with E-state index in [1.807, 2.05) is 6.07 Å². The van der Waals surface area contributed by atoms with Crippen LogP contribution in [0.25, 0.3) is 0 Å². The van der Waals surface area contributed by atoms with Gasteiger partial charge in [0.15, 0.2) is 0 Å². The lowest BCUT2D eigenvalue weighted by Crippen LogP contribution is -2.33. The molecule has 1 aromatic rings. The molecule has 102 valence electrons. The molecule has 1 aromatic carbocycles. The Morgan fingerprint density at radius 2 is 2.11 bits per heavy atom. The SMILES string of the molecule is CC(C)CNCCC(C)(O)Cc1cccc(F)c1. The third-order valence-electron chi connectivity index (χ3n) is 2.87. The average Bonchev–Trinajstić information content (AvgIpc) is 2.23. The Bertz CT molecular complexity index is 363. The highest BCUT2D eigenvalue weighted by atomic mass is 19.1. The Hall–Kier alpha value is -0.930. The highest BCUT2D eigenvalue weighted by molar-refractivity contribution is 5.18. The highest BCUT2D eigenvalue weighted by Gasteiger charge is 2.20. The molecule has 1 unspecified atom stereocenters. The van der Waals surface area contributed by atoms with E-state index >= 15 is 0 Å². The molecule has 0 aliphatic carbocycles. The van der Waals surface area contributed by atoms with Gasteiger partial charge in [0.25, 0.3) is 0 Å². The molecule has 2 N–H and O–H groups in total. The van der Waals surface area contributed by atoms with Gasteiger partial charge >= 0.3 is 0 Å². The second kappa shape index (κ2) is 6.86. The lowest BCUT2D eigenvalue weighted by atomic mass is 9.93. The van der Waals surface area contributed by atoms with Crippen LogP contribution in [0.2, 0.25) is 0 Å². The van der Waals surface area contributed by atoms with Crippen molar-refractivity contribution in [3.8, 4) is 0 Å². The molecule has 0 spiro atoms. The Labute approximate surface area is 109 Å².